The van der Waals surface area contributed by atoms with Crippen LogP contribution >= 0.6 is 11.8 Å². The first kappa shape index (κ1) is 28.6. The Kier molecular flexibility index (Phi) is 6.59. The van der Waals surface area contributed by atoms with Crippen LogP contribution in [0, 0.1) is 13.8 Å². The van der Waals surface area contributed by atoms with Crippen LogP contribution in [0.1, 0.15) is 64.6 Å². The Bertz CT molecular complexity index is 1560. The number of fused-ring (bicyclic) bond motifs is 6. The lowest BCUT2D eigenvalue weighted by atomic mass is 9.76. The lowest BCUT2D eigenvalue weighted by Crippen LogP contribution is -2.68. The fraction of sp³-hybridized carbons (Fsp3) is 0.548. The molecule has 12 heteroatoms. The van der Waals surface area contributed by atoms with Crippen LogP contribution in [0.2, 0.25) is 0 Å². The second-order valence-electron chi connectivity index (χ2n) is 12.5. The summed E-state index contributed by atoms with van der Waals surface area (Å²) in [5.74, 6) is 1.55. The zero-order valence-electron chi connectivity index (χ0n) is 25.2. The zero-order chi connectivity index (χ0) is 30.5. The molecule has 2 aromatic rings. The van der Waals surface area contributed by atoms with Gasteiger partial charge >= 0.3 is 11.9 Å². The molecule has 230 valence electrons. The van der Waals surface area contributed by atoms with Crippen molar-refractivity contribution in [1.82, 2.24) is 9.80 Å². The topological polar surface area (TPSA) is 133 Å². The van der Waals surface area contributed by atoms with Crippen molar-refractivity contribution in [3.05, 3.63) is 39.4 Å². The number of likely N-dealkylation sites (N-methyl/N-ethyl adjacent to an activating group) is 1. The highest BCUT2D eigenvalue weighted by Gasteiger charge is 2.61. The molecule has 4 unspecified atom stereocenters. The van der Waals surface area contributed by atoms with Gasteiger partial charge in [-0.15, -0.1) is 11.8 Å². The number of carbonyl (C=O) groups is 2. The van der Waals surface area contributed by atoms with Crippen LogP contribution in [0.15, 0.2) is 6.07 Å². The highest BCUT2D eigenvalue weighted by atomic mass is 32.2. The molecule has 7 atom stereocenters. The molecule has 0 saturated carbocycles. The minimum absolute atomic E-state index is 0.0303. The fourth-order valence-corrected chi connectivity index (χ4v) is 9.76. The molecule has 0 amide bonds. The van der Waals surface area contributed by atoms with Crippen molar-refractivity contribution in [3.8, 4) is 28.7 Å². The lowest BCUT2D eigenvalue weighted by Gasteiger charge is -2.61. The summed E-state index contributed by atoms with van der Waals surface area (Å²) in [5.41, 5.74) is 11.0. The van der Waals surface area contributed by atoms with Gasteiger partial charge in [-0.2, -0.15) is 0 Å². The third-order valence-electron chi connectivity index (χ3n) is 9.69. The summed E-state index contributed by atoms with van der Waals surface area (Å²) in [6.07, 6.45) is 0.650. The van der Waals surface area contributed by atoms with Crippen molar-refractivity contribution >= 4 is 23.7 Å². The third-order valence-corrected chi connectivity index (χ3v) is 11.1. The van der Waals surface area contributed by atoms with Gasteiger partial charge in [0.2, 0.25) is 6.79 Å². The summed E-state index contributed by atoms with van der Waals surface area (Å²) in [5, 5.41) is 11.5. The average molecular weight is 612 g/mol. The molecule has 6 aliphatic rings. The number of esters is 2. The largest absolute Gasteiger partial charge is 0.504 e. The summed E-state index contributed by atoms with van der Waals surface area (Å²) in [6, 6.07) is 0.336. The van der Waals surface area contributed by atoms with Crippen LogP contribution in [0.25, 0.3) is 0 Å². The SMILES string of the molecule is COc1c(C)cc2c(c1O)[C@H]1C3[C@@H]4SCC(N)C(=O)OC[C@@H](c5c6c(c(C)c(OC(C)=O)c54)OCO6)N3C(C)(C2)CN1C. The second kappa shape index (κ2) is 9.91. The summed E-state index contributed by atoms with van der Waals surface area (Å²) in [7, 11) is 3.66. The molecule has 11 nitrogen and oxygen atoms in total. The van der Waals surface area contributed by atoms with Crippen LogP contribution in [0.5, 0.6) is 28.7 Å². The van der Waals surface area contributed by atoms with Crippen LogP contribution in [-0.4, -0.2) is 84.3 Å². The number of phenolic OH excluding ortho intramolecular Hbond substituents is 1. The van der Waals surface area contributed by atoms with E-state index in [1.165, 1.54) is 6.92 Å². The van der Waals surface area contributed by atoms with Gasteiger partial charge in [-0.05, 0) is 45.4 Å². The van der Waals surface area contributed by atoms with Gasteiger partial charge < -0.3 is 34.5 Å². The smallest absolute Gasteiger partial charge is 0.323 e. The molecule has 6 heterocycles. The Balaban J connectivity index is 1.57. The fourth-order valence-electron chi connectivity index (χ4n) is 8.33. The Morgan fingerprint density at radius 2 is 1.91 bits per heavy atom. The van der Waals surface area contributed by atoms with Crippen LogP contribution in [-0.2, 0) is 20.7 Å². The van der Waals surface area contributed by atoms with Crippen molar-refractivity contribution in [2.75, 3.05) is 39.9 Å². The maximum atomic E-state index is 13.0. The number of hydrogen-bond donors (Lipinski definition) is 2. The van der Waals surface area contributed by atoms with Gasteiger partial charge in [0.05, 0.1) is 24.4 Å². The standard InChI is InChI=1S/C31H37N3O8S/c1-13-7-16-8-31(4)11-33(5)22(19(16)24(36)25(13)38-6)23-29-21-20(18(34(23)31)9-39-30(37)17(32)10-43-29)28-27(40-12-41-28)14(2)26(21)42-15(3)35/h7,17-18,22-23,29,36H,8-12,32H2,1-6H3/t17?,18-,22-,23?,29+,31?/m0/s1. The Hall–Kier alpha value is -3.19. The van der Waals surface area contributed by atoms with Crippen molar-refractivity contribution < 1.29 is 38.4 Å². The number of aryl methyl sites for hydroxylation is 1. The summed E-state index contributed by atoms with van der Waals surface area (Å²) in [4.78, 5) is 30.3. The van der Waals surface area contributed by atoms with Crippen molar-refractivity contribution in [1.29, 1.82) is 0 Å². The summed E-state index contributed by atoms with van der Waals surface area (Å²) in [6.45, 7) is 8.19. The number of nitrogens with zero attached hydrogens (tertiary/aromatic N) is 2. The van der Waals surface area contributed by atoms with Crippen molar-refractivity contribution in [2.45, 2.75) is 69.1 Å². The predicted molar refractivity (Wildman–Crippen MR) is 158 cm³/mol. The van der Waals surface area contributed by atoms with Crippen LogP contribution in [0.4, 0.5) is 0 Å². The van der Waals surface area contributed by atoms with E-state index in [4.69, 9.17) is 29.4 Å². The number of hydrogen-bond acceptors (Lipinski definition) is 12. The molecule has 2 aromatic carbocycles. The number of thioether (sulfide) groups is 1. The Morgan fingerprint density at radius 1 is 1.16 bits per heavy atom. The molecule has 0 aliphatic carbocycles. The molecule has 6 aliphatic heterocycles. The van der Waals surface area contributed by atoms with E-state index in [0.717, 1.165) is 27.8 Å². The minimum Gasteiger partial charge on any atom is -0.504 e. The van der Waals surface area contributed by atoms with Crippen LogP contribution in [0.3, 0.4) is 0 Å². The average Bonchev–Trinajstić information content (AvgIpc) is 3.36. The molecule has 0 aromatic heterocycles. The first-order valence-electron chi connectivity index (χ1n) is 14.5. The molecular weight excluding hydrogens is 574 g/mol. The molecule has 2 saturated heterocycles. The normalized spacial score (nSPS) is 32.3. The maximum Gasteiger partial charge on any atom is 0.323 e. The number of aromatic hydroxyl groups is 1. The number of ether oxygens (including phenoxy) is 5. The Morgan fingerprint density at radius 3 is 2.63 bits per heavy atom. The molecule has 2 fully saturated rings. The molecule has 4 bridgehead atoms. The van der Waals surface area contributed by atoms with Gasteiger partial charge in [0.15, 0.2) is 23.0 Å². The second-order valence-corrected chi connectivity index (χ2v) is 13.7. The van der Waals surface area contributed by atoms with E-state index < -0.39 is 29.6 Å². The third kappa shape index (κ3) is 3.99. The van der Waals surface area contributed by atoms with Gasteiger partial charge in [0, 0.05) is 53.1 Å². The number of piperazine rings is 1. The number of carbonyl (C=O) groups excluding carboxylic acids is 2. The number of nitrogens with two attached hydrogens (primary N) is 1. The first-order valence-corrected chi connectivity index (χ1v) is 15.6. The van der Waals surface area contributed by atoms with Crippen LogP contribution < -0.4 is 24.7 Å². The molecule has 0 radical (unpaired) electrons. The molecule has 8 rings (SSSR count). The van der Waals surface area contributed by atoms with Gasteiger partial charge in [0.1, 0.15) is 18.4 Å². The minimum atomic E-state index is -0.826. The number of cyclic esters (lactones) is 1. The number of benzene rings is 2. The summed E-state index contributed by atoms with van der Waals surface area (Å²) >= 11 is 1.54. The first-order chi connectivity index (χ1) is 20.5. The van der Waals surface area contributed by atoms with Gasteiger partial charge in [-0.3, -0.25) is 19.4 Å². The Labute approximate surface area is 254 Å². The van der Waals surface area contributed by atoms with E-state index in [2.05, 4.69) is 29.8 Å². The van der Waals surface area contributed by atoms with Gasteiger partial charge in [-0.1, -0.05) is 6.07 Å². The van der Waals surface area contributed by atoms with E-state index in [1.807, 2.05) is 13.8 Å². The molecular formula is C31H37N3O8S. The van der Waals surface area contributed by atoms with Gasteiger partial charge in [-0.25, -0.2) is 0 Å². The van der Waals surface area contributed by atoms with E-state index >= 15 is 0 Å². The quantitative estimate of drug-likeness (QED) is 0.382. The summed E-state index contributed by atoms with van der Waals surface area (Å²) < 4.78 is 29.7. The van der Waals surface area contributed by atoms with E-state index in [-0.39, 0.29) is 42.2 Å². The molecule has 0 spiro atoms. The van der Waals surface area contributed by atoms with E-state index in [0.29, 0.717) is 41.5 Å². The monoisotopic (exact) mass is 611 g/mol. The predicted octanol–water partition coefficient (Wildman–Crippen LogP) is 3.06. The number of rotatable bonds is 2. The highest BCUT2D eigenvalue weighted by molar-refractivity contribution is 7.99. The number of phenols is 1. The van der Waals surface area contributed by atoms with E-state index in [1.54, 1.807) is 18.9 Å². The van der Waals surface area contributed by atoms with Gasteiger partial charge in [0.25, 0.3) is 0 Å². The highest BCUT2D eigenvalue weighted by Crippen LogP contribution is 2.65. The zero-order valence-corrected chi connectivity index (χ0v) is 26.0. The van der Waals surface area contributed by atoms with Crippen molar-refractivity contribution in [3.63, 3.8) is 0 Å². The molecule has 43 heavy (non-hydrogen) atoms. The van der Waals surface area contributed by atoms with E-state index in [9.17, 15) is 14.7 Å². The maximum absolute atomic E-state index is 13.0. The lowest BCUT2D eigenvalue weighted by molar-refractivity contribution is -0.153. The number of methoxy groups -OCH3 is 1. The molecule has 3 N–H and O–H groups in total. The van der Waals surface area contributed by atoms with Crippen molar-refractivity contribution in [2.24, 2.45) is 5.73 Å².